The molecule has 0 atom stereocenters. The zero-order valence-electron chi connectivity index (χ0n) is 13.1. The molecule has 4 nitrogen and oxygen atoms in total. The third-order valence-corrected chi connectivity index (χ3v) is 3.84. The molecular weight excluding hydrogens is 262 g/mol. The fourth-order valence-electron chi connectivity index (χ4n) is 2.82. The van der Waals surface area contributed by atoms with Gasteiger partial charge in [-0.1, -0.05) is 12.2 Å². The summed E-state index contributed by atoms with van der Waals surface area (Å²) in [5, 5.41) is 0. The number of nitrogens with zero attached hydrogens (tertiary/aromatic N) is 2. The van der Waals surface area contributed by atoms with Gasteiger partial charge < -0.3 is 15.5 Å². The largest absolute Gasteiger partial charge is 0.399 e. The van der Waals surface area contributed by atoms with Gasteiger partial charge in [0.25, 0.3) is 0 Å². The third kappa shape index (κ3) is 3.78. The summed E-state index contributed by atoms with van der Waals surface area (Å²) < 4.78 is 0. The highest BCUT2D eigenvalue weighted by atomic mass is 16.2. The van der Waals surface area contributed by atoms with E-state index in [-0.39, 0.29) is 5.91 Å². The number of hydrogen-bond acceptors (Lipinski definition) is 3. The molecule has 0 saturated carbocycles. The Morgan fingerprint density at radius 2 is 2.24 bits per heavy atom. The van der Waals surface area contributed by atoms with Crippen molar-refractivity contribution in [2.75, 3.05) is 36.8 Å². The molecule has 1 aliphatic heterocycles. The minimum atomic E-state index is 0.158. The van der Waals surface area contributed by atoms with E-state index in [0.29, 0.717) is 19.6 Å². The Kier molecular flexibility index (Phi) is 4.89. The van der Waals surface area contributed by atoms with Gasteiger partial charge in [0.05, 0.1) is 6.54 Å². The van der Waals surface area contributed by atoms with Crippen molar-refractivity contribution in [3.05, 3.63) is 35.9 Å². The van der Waals surface area contributed by atoms with Gasteiger partial charge in [0, 0.05) is 31.0 Å². The molecule has 114 valence electrons. The van der Waals surface area contributed by atoms with Crippen LogP contribution in [0, 0.1) is 0 Å². The van der Waals surface area contributed by atoms with Gasteiger partial charge >= 0.3 is 0 Å². The summed E-state index contributed by atoms with van der Waals surface area (Å²) in [6.07, 6.45) is 2.10. The lowest BCUT2D eigenvalue weighted by Gasteiger charge is -2.33. The fourth-order valence-corrected chi connectivity index (χ4v) is 2.82. The molecule has 1 aliphatic rings. The highest BCUT2D eigenvalue weighted by Gasteiger charge is 2.21. The molecule has 0 radical (unpaired) electrons. The van der Waals surface area contributed by atoms with E-state index in [9.17, 15) is 4.79 Å². The summed E-state index contributed by atoms with van der Waals surface area (Å²) in [6, 6.07) is 5.97. The Labute approximate surface area is 127 Å². The SMILES string of the molecule is C=C(C)CN(CC)C(=O)CN1CCCc2cc(N)ccc21. The molecule has 0 aromatic heterocycles. The smallest absolute Gasteiger partial charge is 0.242 e. The Hall–Kier alpha value is -1.97. The van der Waals surface area contributed by atoms with Gasteiger partial charge in [-0.25, -0.2) is 0 Å². The molecule has 0 bridgehead atoms. The number of aryl methyl sites for hydroxylation is 1. The highest BCUT2D eigenvalue weighted by Crippen LogP contribution is 2.28. The van der Waals surface area contributed by atoms with Crippen molar-refractivity contribution in [2.24, 2.45) is 0 Å². The summed E-state index contributed by atoms with van der Waals surface area (Å²) in [5.41, 5.74) is 10.0. The first-order valence-electron chi connectivity index (χ1n) is 7.56. The fraction of sp³-hybridized carbons (Fsp3) is 0.471. The second kappa shape index (κ2) is 6.66. The van der Waals surface area contributed by atoms with Gasteiger partial charge in [0.2, 0.25) is 5.91 Å². The van der Waals surface area contributed by atoms with Gasteiger partial charge in [-0.05, 0) is 50.5 Å². The number of rotatable bonds is 5. The summed E-state index contributed by atoms with van der Waals surface area (Å²) >= 11 is 0. The van der Waals surface area contributed by atoms with Crippen molar-refractivity contribution >= 4 is 17.3 Å². The lowest BCUT2D eigenvalue weighted by Crippen LogP contribution is -2.42. The molecule has 2 rings (SSSR count). The average molecular weight is 287 g/mol. The first kappa shape index (κ1) is 15.4. The summed E-state index contributed by atoms with van der Waals surface area (Å²) in [5.74, 6) is 0.158. The Morgan fingerprint density at radius 1 is 1.48 bits per heavy atom. The molecule has 1 amide bonds. The minimum Gasteiger partial charge on any atom is -0.399 e. The van der Waals surface area contributed by atoms with E-state index >= 15 is 0 Å². The second-order valence-corrected chi connectivity index (χ2v) is 5.78. The predicted molar refractivity (Wildman–Crippen MR) is 88.5 cm³/mol. The summed E-state index contributed by atoms with van der Waals surface area (Å²) in [7, 11) is 0. The number of carbonyl (C=O) groups excluding carboxylic acids is 1. The van der Waals surface area contributed by atoms with Gasteiger partial charge in [0.1, 0.15) is 0 Å². The maximum atomic E-state index is 12.5. The molecule has 0 spiro atoms. The van der Waals surface area contributed by atoms with Crippen molar-refractivity contribution in [2.45, 2.75) is 26.7 Å². The van der Waals surface area contributed by atoms with E-state index < -0.39 is 0 Å². The van der Waals surface area contributed by atoms with Crippen LogP contribution in [0.3, 0.4) is 0 Å². The van der Waals surface area contributed by atoms with Gasteiger partial charge in [0.15, 0.2) is 0 Å². The van der Waals surface area contributed by atoms with E-state index in [2.05, 4.69) is 11.5 Å². The number of anilines is 2. The molecule has 0 fully saturated rings. The van der Waals surface area contributed by atoms with Crippen LogP contribution < -0.4 is 10.6 Å². The Balaban J connectivity index is 2.10. The normalized spacial score (nSPS) is 13.7. The maximum Gasteiger partial charge on any atom is 0.242 e. The molecule has 0 saturated heterocycles. The van der Waals surface area contributed by atoms with Crippen LogP contribution in [0.2, 0.25) is 0 Å². The quantitative estimate of drug-likeness (QED) is 0.668. The first-order valence-corrected chi connectivity index (χ1v) is 7.56. The molecule has 1 heterocycles. The van der Waals surface area contributed by atoms with Gasteiger partial charge in [-0.3, -0.25) is 4.79 Å². The molecule has 4 heteroatoms. The van der Waals surface area contributed by atoms with Crippen LogP contribution in [0.25, 0.3) is 0 Å². The van der Waals surface area contributed by atoms with Crippen molar-refractivity contribution < 1.29 is 4.79 Å². The molecule has 0 unspecified atom stereocenters. The molecule has 1 aromatic carbocycles. The number of benzene rings is 1. The van der Waals surface area contributed by atoms with Gasteiger partial charge in [-0.2, -0.15) is 0 Å². The van der Waals surface area contributed by atoms with Crippen LogP contribution in [0.5, 0.6) is 0 Å². The Bertz CT molecular complexity index is 539. The number of likely N-dealkylation sites (N-methyl/N-ethyl adjacent to an activating group) is 1. The second-order valence-electron chi connectivity index (χ2n) is 5.78. The van der Waals surface area contributed by atoms with Crippen LogP contribution in [0.15, 0.2) is 30.4 Å². The number of fused-ring (bicyclic) bond motifs is 1. The topological polar surface area (TPSA) is 49.6 Å². The van der Waals surface area contributed by atoms with Crippen molar-refractivity contribution in [1.82, 2.24) is 4.90 Å². The van der Waals surface area contributed by atoms with E-state index in [1.807, 2.05) is 36.9 Å². The number of amides is 1. The summed E-state index contributed by atoms with van der Waals surface area (Å²) in [4.78, 5) is 16.5. The average Bonchev–Trinajstić information content (AvgIpc) is 2.44. The molecule has 2 N–H and O–H groups in total. The minimum absolute atomic E-state index is 0.158. The molecule has 1 aromatic rings. The third-order valence-electron chi connectivity index (χ3n) is 3.84. The molecular formula is C17H25N3O. The Morgan fingerprint density at radius 3 is 2.90 bits per heavy atom. The van der Waals surface area contributed by atoms with Crippen molar-refractivity contribution in [3.8, 4) is 0 Å². The van der Waals surface area contributed by atoms with Crippen LogP contribution in [0.1, 0.15) is 25.8 Å². The van der Waals surface area contributed by atoms with Crippen LogP contribution in [-0.2, 0) is 11.2 Å². The molecule has 21 heavy (non-hydrogen) atoms. The standard InChI is InChI=1S/C17H25N3O/c1-4-19(11-13(2)3)17(21)12-20-9-5-6-14-10-15(18)7-8-16(14)20/h7-8,10H,2,4-6,9,11-12,18H2,1,3H3. The molecule has 0 aliphatic carbocycles. The lowest BCUT2D eigenvalue weighted by molar-refractivity contribution is -0.129. The van der Waals surface area contributed by atoms with Gasteiger partial charge in [-0.15, -0.1) is 0 Å². The first-order chi connectivity index (χ1) is 10.0. The highest BCUT2D eigenvalue weighted by molar-refractivity contribution is 5.82. The van der Waals surface area contributed by atoms with E-state index in [0.717, 1.165) is 36.3 Å². The van der Waals surface area contributed by atoms with Crippen LogP contribution >= 0.6 is 0 Å². The van der Waals surface area contributed by atoms with E-state index in [1.54, 1.807) is 0 Å². The zero-order valence-corrected chi connectivity index (χ0v) is 13.1. The van der Waals surface area contributed by atoms with Crippen LogP contribution in [0.4, 0.5) is 11.4 Å². The van der Waals surface area contributed by atoms with Crippen LogP contribution in [-0.4, -0.2) is 37.0 Å². The van der Waals surface area contributed by atoms with Crippen molar-refractivity contribution in [1.29, 1.82) is 0 Å². The van der Waals surface area contributed by atoms with Crippen molar-refractivity contribution in [3.63, 3.8) is 0 Å². The van der Waals surface area contributed by atoms with E-state index in [1.165, 1.54) is 5.56 Å². The number of hydrogen-bond donors (Lipinski definition) is 1. The number of carbonyl (C=O) groups is 1. The number of nitrogens with two attached hydrogens (primary N) is 1. The monoisotopic (exact) mass is 287 g/mol. The van der Waals surface area contributed by atoms with E-state index in [4.69, 9.17) is 5.73 Å². The zero-order chi connectivity index (χ0) is 15.4. The predicted octanol–water partition coefficient (Wildman–Crippen LogP) is 2.45. The number of nitrogen functional groups attached to an aromatic ring is 1. The summed E-state index contributed by atoms with van der Waals surface area (Å²) in [6.45, 7) is 10.6. The lowest BCUT2D eigenvalue weighted by atomic mass is 10.0. The maximum absolute atomic E-state index is 12.5.